The minimum Gasteiger partial charge on any atom is -0.332 e. The van der Waals surface area contributed by atoms with Crippen LogP contribution in [0.2, 0.25) is 0 Å². The molecule has 0 atom stereocenters. The van der Waals surface area contributed by atoms with Crippen LogP contribution in [-0.2, 0) is 0 Å². The Morgan fingerprint density at radius 2 is 1.69 bits per heavy atom. The molecule has 1 aromatic heterocycles. The van der Waals surface area contributed by atoms with Crippen LogP contribution in [-0.4, -0.2) is 30.9 Å². The van der Waals surface area contributed by atoms with E-state index < -0.39 is 10.8 Å². The van der Waals surface area contributed by atoms with Gasteiger partial charge in [0.25, 0.3) is 11.6 Å². The van der Waals surface area contributed by atoms with Crippen LogP contribution in [0.4, 0.5) is 11.4 Å². The van der Waals surface area contributed by atoms with E-state index in [2.05, 4.69) is 20.8 Å². The van der Waals surface area contributed by atoms with Crippen LogP contribution in [0.5, 0.6) is 0 Å². The lowest BCUT2D eigenvalue weighted by molar-refractivity contribution is -0.384. The SMILES string of the molecule is Cc1cc2nn(-c3cccc4ccccc34)nc2cc1NC(=S)NC(=O)c1cccc([N+](=O)[O-])c1. The molecule has 0 fully saturated rings. The summed E-state index contributed by atoms with van der Waals surface area (Å²) in [6.07, 6.45) is 0. The molecule has 10 heteroatoms. The van der Waals surface area contributed by atoms with E-state index in [-0.39, 0.29) is 16.4 Å². The summed E-state index contributed by atoms with van der Waals surface area (Å²) in [5.41, 5.74) is 3.71. The molecule has 1 heterocycles. The average Bonchev–Trinajstić information content (AvgIpc) is 3.26. The first-order valence-electron chi connectivity index (χ1n) is 10.6. The van der Waals surface area contributed by atoms with E-state index in [1.165, 1.54) is 24.3 Å². The summed E-state index contributed by atoms with van der Waals surface area (Å²) in [7, 11) is 0. The second-order valence-corrected chi connectivity index (χ2v) is 8.27. The van der Waals surface area contributed by atoms with Crippen LogP contribution in [0.3, 0.4) is 0 Å². The number of rotatable bonds is 4. The largest absolute Gasteiger partial charge is 0.332 e. The Kier molecular flexibility index (Phi) is 5.63. The van der Waals surface area contributed by atoms with E-state index in [1.807, 2.05) is 61.5 Å². The second-order valence-electron chi connectivity index (χ2n) is 7.86. The number of hydrogen-bond acceptors (Lipinski definition) is 6. The third-order valence-corrected chi connectivity index (χ3v) is 5.71. The van der Waals surface area contributed by atoms with Gasteiger partial charge in [-0.3, -0.25) is 20.2 Å². The van der Waals surface area contributed by atoms with E-state index in [0.29, 0.717) is 16.7 Å². The highest BCUT2D eigenvalue weighted by Gasteiger charge is 2.15. The van der Waals surface area contributed by atoms with Crippen LogP contribution < -0.4 is 10.6 Å². The summed E-state index contributed by atoms with van der Waals surface area (Å²) in [5, 5.41) is 28.0. The molecule has 5 aromatic rings. The van der Waals surface area contributed by atoms with Gasteiger partial charge in [0.05, 0.1) is 10.6 Å². The zero-order chi connectivity index (χ0) is 24.5. The quantitative estimate of drug-likeness (QED) is 0.212. The number of benzene rings is 4. The van der Waals surface area contributed by atoms with Gasteiger partial charge in [-0.15, -0.1) is 15.0 Å². The van der Waals surface area contributed by atoms with Crippen molar-refractivity contribution in [2.24, 2.45) is 0 Å². The Morgan fingerprint density at radius 1 is 0.971 bits per heavy atom. The fraction of sp³-hybridized carbons (Fsp3) is 0.0400. The second kappa shape index (κ2) is 8.92. The van der Waals surface area contributed by atoms with E-state index in [9.17, 15) is 14.9 Å². The third kappa shape index (κ3) is 4.42. The summed E-state index contributed by atoms with van der Waals surface area (Å²) >= 11 is 5.30. The normalized spacial score (nSPS) is 10.9. The van der Waals surface area contributed by atoms with Gasteiger partial charge in [0, 0.05) is 28.8 Å². The Labute approximate surface area is 204 Å². The first-order valence-corrected chi connectivity index (χ1v) is 11.0. The van der Waals surface area contributed by atoms with Gasteiger partial charge in [-0.2, -0.15) is 0 Å². The fourth-order valence-corrected chi connectivity index (χ4v) is 3.99. The molecule has 0 aliphatic rings. The maximum Gasteiger partial charge on any atom is 0.270 e. The fourth-order valence-electron chi connectivity index (χ4n) is 3.78. The Balaban J connectivity index is 1.39. The van der Waals surface area contributed by atoms with Gasteiger partial charge in [0.2, 0.25) is 0 Å². The molecule has 5 rings (SSSR count). The molecule has 0 saturated heterocycles. The van der Waals surface area contributed by atoms with Crippen molar-refractivity contribution in [2.45, 2.75) is 6.92 Å². The first-order chi connectivity index (χ1) is 16.9. The predicted octanol–water partition coefficient (Wildman–Crippen LogP) is 4.92. The lowest BCUT2D eigenvalue weighted by Gasteiger charge is -2.11. The van der Waals surface area contributed by atoms with Crippen molar-refractivity contribution in [1.29, 1.82) is 0 Å². The number of nitrogens with zero attached hydrogens (tertiary/aromatic N) is 4. The van der Waals surface area contributed by atoms with Crippen molar-refractivity contribution in [3.05, 3.63) is 100 Å². The first kappa shape index (κ1) is 22.1. The molecule has 0 spiro atoms. The number of nitrogens with one attached hydrogen (secondary N) is 2. The van der Waals surface area contributed by atoms with Crippen molar-refractivity contribution < 1.29 is 9.72 Å². The summed E-state index contributed by atoms with van der Waals surface area (Å²) in [4.78, 5) is 24.5. The van der Waals surface area contributed by atoms with Crippen LogP contribution in [0.15, 0.2) is 78.9 Å². The standard InChI is InChI=1S/C25H18N6O3S/c1-15-12-21-22(29-30(28-21)23-11-5-7-16-6-2-3-10-19(16)23)14-20(15)26-25(35)27-24(32)17-8-4-9-18(13-17)31(33)34/h2-14H,1H3,(H2,26,27,32,35). The molecule has 35 heavy (non-hydrogen) atoms. The molecule has 0 radical (unpaired) electrons. The average molecular weight is 483 g/mol. The van der Waals surface area contributed by atoms with Crippen LogP contribution in [0.1, 0.15) is 15.9 Å². The molecule has 2 N–H and O–H groups in total. The highest BCUT2D eigenvalue weighted by atomic mass is 32.1. The predicted molar refractivity (Wildman–Crippen MR) is 138 cm³/mol. The van der Waals surface area contributed by atoms with Crippen molar-refractivity contribution in [3.63, 3.8) is 0 Å². The van der Waals surface area contributed by atoms with Gasteiger partial charge in [-0.25, -0.2) is 0 Å². The summed E-state index contributed by atoms with van der Waals surface area (Å²) in [6, 6.07) is 23.1. The number of aryl methyl sites for hydroxylation is 1. The number of carbonyl (C=O) groups excluding carboxylic acids is 1. The highest BCUT2D eigenvalue weighted by Crippen LogP contribution is 2.25. The number of aromatic nitrogens is 3. The van der Waals surface area contributed by atoms with Gasteiger partial charge in [0.1, 0.15) is 11.0 Å². The number of hydrogen-bond donors (Lipinski definition) is 2. The lowest BCUT2D eigenvalue weighted by atomic mass is 10.1. The van der Waals surface area contributed by atoms with Crippen molar-refractivity contribution in [1.82, 2.24) is 20.3 Å². The molecule has 0 saturated carbocycles. The zero-order valence-electron chi connectivity index (χ0n) is 18.4. The number of carbonyl (C=O) groups is 1. The minimum absolute atomic E-state index is 0.0606. The van der Waals surface area contributed by atoms with Crippen LogP contribution in [0, 0.1) is 17.0 Å². The summed E-state index contributed by atoms with van der Waals surface area (Å²) in [6.45, 7) is 1.89. The summed E-state index contributed by atoms with van der Waals surface area (Å²) < 4.78 is 0. The van der Waals surface area contributed by atoms with Gasteiger partial charge < -0.3 is 5.32 Å². The number of amides is 1. The number of nitro groups is 1. The van der Waals surface area contributed by atoms with Crippen molar-refractivity contribution in [2.75, 3.05) is 5.32 Å². The molecule has 0 unspecified atom stereocenters. The molecule has 0 bridgehead atoms. The maximum atomic E-state index is 12.5. The Morgan fingerprint density at radius 3 is 2.49 bits per heavy atom. The molecule has 0 aliphatic carbocycles. The van der Waals surface area contributed by atoms with E-state index >= 15 is 0 Å². The molecule has 4 aromatic carbocycles. The Hall–Kier alpha value is -4.70. The molecular weight excluding hydrogens is 464 g/mol. The molecule has 0 aliphatic heterocycles. The third-order valence-electron chi connectivity index (χ3n) is 5.50. The van der Waals surface area contributed by atoms with E-state index in [1.54, 1.807) is 4.80 Å². The number of fused-ring (bicyclic) bond motifs is 2. The molecular formula is C25H18N6O3S. The summed E-state index contributed by atoms with van der Waals surface area (Å²) in [5.74, 6) is -0.549. The molecule has 9 nitrogen and oxygen atoms in total. The highest BCUT2D eigenvalue weighted by molar-refractivity contribution is 7.80. The van der Waals surface area contributed by atoms with Crippen LogP contribution >= 0.6 is 12.2 Å². The lowest BCUT2D eigenvalue weighted by Crippen LogP contribution is -2.34. The van der Waals surface area contributed by atoms with Crippen molar-refractivity contribution >= 4 is 56.4 Å². The van der Waals surface area contributed by atoms with Crippen molar-refractivity contribution in [3.8, 4) is 5.69 Å². The zero-order valence-corrected chi connectivity index (χ0v) is 19.2. The van der Waals surface area contributed by atoms with Gasteiger partial charge >= 0.3 is 0 Å². The van der Waals surface area contributed by atoms with Gasteiger partial charge in [0.15, 0.2) is 5.11 Å². The van der Waals surface area contributed by atoms with Gasteiger partial charge in [-0.1, -0.05) is 42.5 Å². The molecule has 1 amide bonds. The minimum atomic E-state index is -0.558. The maximum absolute atomic E-state index is 12.5. The molecule has 172 valence electrons. The monoisotopic (exact) mass is 482 g/mol. The van der Waals surface area contributed by atoms with Crippen LogP contribution in [0.25, 0.3) is 27.5 Å². The van der Waals surface area contributed by atoms with E-state index in [4.69, 9.17) is 12.2 Å². The van der Waals surface area contributed by atoms with Gasteiger partial charge in [-0.05, 0) is 54.4 Å². The Bertz CT molecular complexity index is 1640. The number of anilines is 1. The number of nitro benzene ring substituents is 1. The number of non-ortho nitro benzene ring substituents is 1. The van der Waals surface area contributed by atoms with E-state index in [0.717, 1.165) is 22.0 Å². The number of thiocarbonyl (C=S) groups is 1. The smallest absolute Gasteiger partial charge is 0.270 e. The topological polar surface area (TPSA) is 115 Å².